The zero-order valence-corrected chi connectivity index (χ0v) is 23.7. The van der Waals surface area contributed by atoms with E-state index >= 15 is 0 Å². The average molecular weight is 586 g/mol. The molecule has 1 fully saturated rings. The summed E-state index contributed by atoms with van der Waals surface area (Å²) < 4.78 is 29.2. The normalized spacial score (nSPS) is 17.9. The van der Waals surface area contributed by atoms with Crippen LogP contribution in [0.3, 0.4) is 0 Å². The second kappa shape index (κ2) is 11.8. The molecule has 0 bridgehead atoms. The molecular formula is C31H30ClFN8O. The molecule has 2 aliphatic rings. The maximum absolute atomic E-state index is 13.9. The highest BCUT2D eigenvalue weighted by molar-refractivity contribution is 6.35. The number of aromatic nitrogens is 2. The lowest BCUT2D eigenvalue weighted by atomic mass is 9.82. The Hall–Kier alpha value is -4.43. The SMILES string of the molecule is [2H]C(Nc1cc(Cl)c2ncc(C#N)c(NCC3(C)CCOCC3)c2c1)(C1=CN(c2cccnc2)NN1)c1ccc(F)cc1. The van der Waals surface area contributed by atoms with E-state index in [9.17, 15) is 11.0 Å². The van der Waals surface area contributed by atoms with E-state index < -0.39 is 11.8 Å². The number of nitrogens with one attached hydrogen (secondary N) is 4. The van der Waals surface area contributed by atoms with Gasteiger partial charge in [-0.1, -0.05) is 30.7 Å². The van der Waals surface area contributed by atoms with Gasteiger partial charge in [0.15, 0.2) is 0 Å². The van der Waals surface area contributed by atoms with E-state index in [0.29, 0.717) is 63.9 Å². The first kappa shape index (κ1) is 26.5. The number of hydrazine groups is 2. The number of hydrogen-bond donors (Lipinski definition) is 4. The quantitative estimate of drug-likeness (QED) is 0.196. The van der Waals surface area contributed by atoms with Gasteiger partial charge in [0, 0.05) is 49.4 Å². The van der Waals surface area contributed by atoms with Gasteiger partial charge >= 0.3 is 0 Å². The van der Waals surface area contributed by atoms with E-state index in [1.54, 1.807) is 41.8 Å². The summed E-state index contributed by atoms with van der Waals surface area (Å²) in [6, 6.07) is 13.6. The molecule has 0 spiro atoms. The monoisotopic (exact) mass is 585 g/mol. The summed E-state index contributed by atoms with van der Waals surface area (Å²) in [5.41, 5.74) is 9.86. The summed E-state index contributed by atoms with van der Waals surface area (Å²) in [4.78, 5) is 8.64. The van der Waals surface area contributed by atoms with Crippen molar-refractivity contribution < 1.29 is 10.5 Å². The Labute approximate surface area is 249 Å². The Morgan fingerprint density at radius 1 is 1.24 bits per heavy atom. The molecule has 4 aromatic rings. The lowest BCUT2D eigenvalue weighted by Crippen LogP contribution is -2.37. The molecule has 4 N–H and O–H groups in total. The largest absolute Gasteiger partial charge is 0.383 e. The van der Waals surface area contributed by atoms with Gasteiger partial charge in [0.2, 0.25) is 0 Å². The molecule has 2 aromatic heterocycles. The average Bonchev–Trinajstić information content (AvgIpc) is 3.52. The van der Waals surface area contributed by atoms with Crippen LogP contribution in [0.5, 0.6) is 0 Å². The number of benzene rings is 2. The minimum Gasteiger partial charge on any atom is -0.383 e. The third-order valence-corrected chi connectivity index (χ3v) is 7.89. The van der Waals surface area contributed by atoms with Crippen LogP contribution in [0.4, 0.5) is 21.5 Å². The van der Waals surface area contributed by atoms with E-state index in [1.165, 1.54) is 18.3 Å². The van der Waals surface area contributed by atoms with Crippen LogP contribution in [-0.4, -0.2) is 29.7 Å². The molecule has 1 saturated heterocycles. The molecule has 0 aliphatic carbocycles. The van der Waals surface area contributed by atoms with Gasteiger partial charge in [0.25, 0.3) is 0 Å². The molecule has 4 heterocycles. The molecule has 0 radical (unpaired) electrons. The summed E-state index contributed by atoms with van der Waals surface area (Å²) in [5, 5.41) is 19.5. The number of fused-ring (bicyclic) bond motifs is 1. The molecule has 2 aromatic carbocycles. The molecular weight excluding hydrogens is 555 g/mol. The number of rotatable bonds is 8. The van der Waals surface area contributed by atoms with Crippen LogP contribution in [0.15, 0.2) is 79.0 Å². The fourth-order valence-electron chi connectivity index (χ4n) is 5.08. The Kier molecular flexibility index (Phi) is 7.45. The highest BCUT2D eigenvalue weighted by Gasteiger charge is 2.28. The second-order valence-corrected chi connectivity index (χ2v) is 11.1. The molecule has 1 unspecified atom stereocenters. The van der Waals surface area contributed by atoms with Crippen molar-refractivity contribution in [3.63, 3.8) is 0 Å². The lowest BCUT2D eigenvalue weighted by Gasteiger charge is -2.34. The van der Waals surface area contributed by atoms with Gasteiger partial charge in [-0.05, 0) is 60.2 Å². The van der Waals surface area contributed by atoms with E-state index in [4.69, 9.17) is 16.3 Å². The summed E-state index contributed by atoms with van der Waals surface area (Å²) in [6.45, 7) is 4.25. The van der Waals surface area contributed by atoms with Crippen molar-refractivity contribution in [2.45, 2.75) is 25.8 Å². The Morgan fingerprint density at radius 2 is 2.05 bits per heavy atom. The first-order valence-electron chi connectivity index (χ1n) is 14.1. The Morgan fingerprint density at radius 3 is 2.79 bits per heavy atom. The summed E-state index contributed by atoms with van der Waals surface area (Å²) in [5.74, 6) is -0.410. The highest BCUT2D eigenvalue weighted by Crippen LogP contribution is 2.37. The predicted molar refractivity (Wildman–Crippen MR) is 162 cm³/mol. The van der Waals surface area contributed by atoms with E-state index in [1.807, 2.05) is 18.2 Å². The predicted octanol–water partition coefficient (Wildman–Crippen LogP) is 6.05. The maximum Gasteiger partial charge on any atom is 0.123 e. The number of hydrogen-bond acceptors (Lipinski definition) is 9. The lowest BCUT2D eigenvalue weighted by molar-refractivity contribution is 0.0300. The minimum atomic E-state index is -1.61. The standard InChI is InChI=1S/C31H30ClFN8O/c1-31(8-11-42-12-9-31)19-37-28-21(15-34)16-36-30-25(28)13-23(14-26(30)32)38-29(20-4-6-22(33)7-5-20)27-18-41(40-39-27)24-3-2-10-35-17-24/h2-7,10,13-14,16-18,29,38-40H,8-9,11-12,19H2,1H3,(H,36,37)/i29D. The zero-order valence-electron chi connectivity index (χ0n) is 23.9. The smallest absolute Gasteiger partial charge is 0.123 e. The van der Waals surface area contributed by atoms with Crippen LogP contribution in [-0.2, 0) is 4.74 Å². The summed E-state index contributed by atoms with van der Waals surface area (Å²) >= 11 is 6.77. The zero-order chi connectivity index (χ0) is 30.0. The first-order valence-corrected chi connectivity index (χ1v) is 14.0. The number of nitrogens with zero attached hydrogens (tertiary/aromatic N) is 4. The highest BCUT2D eigenvalue weighted by atomic mass is 35.5. The van der Waals surface area contributed by atoms with E-state index in [-0.39, 0.29) is 5.41 Å². The van der Waals surface area contributed by atoms with Crippen molar-refractivity contribution in [1.82, 2.24) is 20.9 Å². The van der Waals surface area contributed by atoms with Gasteiger partial charge in [-0.2, -0.15) is 5.26 Å². The number of anilines is 3. The summed E-state index contributed by atoms with van der Waals surface area (Å²) in [7, 11) is 0. The molecule has 6 rings (SSSR count). The van der Waals surface area contributed by atoms with Gasteiger partial charge < -0.3 is 20.8 Å². The topological polar surface area (TPSA) is 110 Å². The molecule has 42 heavy (non-hydrogen) atoms. The van der Waals surface area contributed by atoms with Crippen molar-refractivity contribution in [3.8, 4) is 6.07 Å². The first-order chi connectivity index (χ1) is 20.8. The Bertz CT molecular complexity index is 1710. The van der Waals surface area contributed by atoms with Crippen LogP contribution >= 0.6 is 11.6 Å². The molecule has 2 aliphatic heterocycles. The third kappa shape index (κ3) is 5.81. The maximum atomic E-state index is 13.9. The van der Waals surface area contributed by atoms with Crippen molar-refractivity contribution in [1.29, 1.82) is 5.26 Å². The van der Waals surface area contributed by atoms with Crippen molar-refractivity contribution in [2.24, 2.45) is 5.41 Å². The molecule has 214 valence electrons. The van der Waals surface area contributed by atoms with Gasteiger partial charge in [0.1, 0.15) is 11.9 Å². The number of pyridine rings is 2. The summed E-state index contributed by atoms with van der Waals surface area (Å²) in [6.07, 6.45) is 8.43. The molecule has 0 saturated carbocycles. The molecule has 0 amide bonds. The van der Waals surface area contributed by atoms with Gasteiger partial charge in [-0.15, -0.1) is 5.53 Å². The minimum absolute atomic E-state index is 0.00685. The van der Waals surface area contributed by atoms with Crippen molar-refractivity contribution >= 4 is 39.6 Å². The fraction of sp³-hybridized carbons (Fsp3) is 0.258. The van der Waals surface area contributed by atoms with E-state index in [2.05, 4.69) is 44.6 Å². The van der Waals surface area contributed by atoms with Crippen LogP contribution in [0, 0.1) is 22.6 Å². The second-order valence-electron chi connectivity index (χ2n) is 10.7. The fourth-order valence-corrected chi connectivity index (χ4v) is 5.35. The van der Waals surface area contributed by atoms with Gasteiger partial charge in [0.05, 0.1) is 46.8 Å². The van der Waals surface area contributed by atoms with E-state index in [0.717, 1.165) is 18.5 Å². The van der Waals surface area contributed by atoms with Crippen LogP contribution in [0.25, 0.3) is 10.9 Å². The number of halogens is 2. The molecule has 9 nitrogen and oxygen atoms in total. The Balaban J connectivity index is 1.40. The van der Waals surface area contributed by atoms with Crippen molar-refractivity contribution in [3.05, 3.63) is 101 Å². The molecule has 11 heteroatoms. The van der Waals surface area contributed by atoms with Crippen LogP contribution in [0.1, 0.15) is 38.3 Å². The third-order valence-electron chi connectivity index (χ3n) is 7.60. The number of nitriles is 1. The van der Waals surface area contributed by atoms with Crippen LogP contribution < -0.4 is 26.6 Å². The van der Waals surface area contributed by atoms with Gasteiger partial charge in [-0.3, -0.25) is 15.0 Å². The van der Waals surface area contributed by atoms with Crippen molar-refractivity contribution in [2.75, 3.05) is 35.4 Å². The molecule has 1 atom stereocenters. The van der Waals surface area contributed by atoms with Crippen LogP contribution in [0.2, 0.25) is 5.02 Å². The number of ether oxygens (including phenoxy) is 1. The van der Waals surface area contributed by atoms with Gasteiger partial charge in [-0.25, -0.2) is 4.39 Å².